The Hall–Kier alpha value is -1.92. The van der Waals surface area contributed by atoms with Gasteiger partial charge in [0.05, 0.1) is 30.9 Å². The molecule has 2 atom stereocenters. The fourth-order valence-corrected chi connectivity index (χ4v) is 7.08. The van der Waals surface area contributed by atoms with E-state index in [0.717, 1.165) is 43.4 Å². The number of anilines is 1. The van der Waals surface area contributed by atoms with Crippen LogP contribution in [0.1, 0.15) is 93.6 Å². The number of carbonyl (C=O) groups is 2. The van der Waals surface area contributed by atoms with Crippen molar-refractivity contribution < 1.29 is 28.5 Å². The predicted octanol–water partition coefficient (Wildman–Crippen LogP) is 5.54. The van der Waals surface area contributed by atoms with E-state index < -0.39 is 11.8 Å². The molecule has 0 N–H and O–H groups in total. The molecular weight excluding hydrogens is 502 g/mol. The normalized spacial score (nSPS) is 32.9. The number of hydrogen-bond donors (Lipinski definition) is 0. The fourth-order valence-electron chi connectivity index (χ4n) is 6.16. The van der Waals surface area contributed by atoms with Gasteiger partial charge in [0.25, 0.3) is 0 Å². The average molecular weight is 544 g/mol. The zero-order chi connectivity index (χ0) is 27.1. The van der Waals surface area contributed by atoms with Crippen molar-refractivity contribution in [3.63, 3.8) is 0 Å². The predicted molar refractivity (Wildman–Crippen MR) is 146 cm³/mol. The third-order valence-electron chi connectivity index (χ3n) is 8.30. The molecule has 2 saturated carbocycles. The van der Waals surface area contributed by atoms with E-state index in [1.807, 2.05) is 11.0 Å². The molecule has 0 aromatic carbocycles. The number of ether oxygens (including phenoxy) is 4. The second-order valence-corrected chi connectivity index (χ2v) is 13.5. The molecule has 1 aromatic heterocycles. The van der Waals surface area contributed by atoms with Gasteiger partial charge in [-0.15, -0.1) is 11.3 Å². The molecule has 1 aromatic rings. The van der Waals surface area contributed by atoms with E-state index in [2.05, 4.69) is 39.5 Å². The van der Waals surface area contributed by atoms with Crippen LogP contribution in [-0.2, 0) is 23.7 Å². The van der Waals surface area contributed by atoms with Crippen LogP contribution in [0, 0.1) is 29.1 Å². The lowest BCUT2D eigenvalue weighted by Gasteiger charge is -2.42. The maximum atomic E-state index is 14.2. The number of methoxy groups -OCH3 is 1. The van der Waals surface area contributed by atoms with Crippen molar-refractivity contribution in [3.8, 4) is 11.8 Å². The number of rotatable bonds is 4. The van der Waals surface area contributed by atoms with Crippen molar-refractivity contribution in [1.29, 1.82) is 0 Å². The molecule has 5 rings (SSSR count). The zero-order valence-electron chi connectivity index (χ0n) is 23.3. The van der Waals surface area contributed by atoms with Crippen molar-refractivity contribution in [2.24, 2.45) is 17.3 Å². The minimum absolute atomic E-state index is 0.000244. The molecule has 0 bridgehead atoms. The SMILES string of the molecule is COC(=O)c1sc(C#CC(C)(C)C)cc1N(C(=O)[C@H]1CC[C@H](C)CC1)C1CCC2(CC1)O[C@H]1COC[C@H]1O2. The van der Waals surface area contributed by atoms with Crippen LogP contribution < -0.4 is 4.90 Å². The number of thiophene rings is 1. The number of carbonyl (C=O) groups excluding carboxylic acids is 2. The lowest BCUT2D eigenvalue weighted by molar-refractivity contribution is -0.209. The van der Waals surface area contributed by atoms with Crippen molar-refractivity contribution in [1.82, 2.24) is 0 Å². The molecule has 2 saturated heterocycles. The fraction of sp³-hybridized carbons (Fsp3) is 0.733. The van der Waals surface area contributed by atoms with E-state index in [0.29, 0.717) is 42.5 Å². The molecule has 1 amide bonds. The summed E-state index contributed by atoms with van der Waals surface area (Å²) in [5.41, 5.74) is 0.467. The number of nitrogens with zero attached hydrogens (tertiary/aromatic N) is 1. The summed E-state index contributed by atoms with van der Waals surface area (Å²) in [6, 6.07) is 1.88. The van der Waals surface area contributed by atoms with E-state index in [4.69, 9.17) is 18.9 Å². The van der Waals surface area contributed by atoms with Crippen molar-refractivity contribution in [3.05, 3.63) is 15.8 Å². The minimum Gasteiger partial charge on any atom is -0.465 e. The van der Waals surface area contributed by atoms with Crippen LogP contribution in [0.5, 0.6) is 0 Å². The summed E-state index contributed by atoms with van der Waals surface area (Å²) < 4.78 is 23.4. The minimum atomic E-state index is -0.590. The molecule has 1 spiro atoms. The molecule has 7 nitrogen and oxygen atoms in total. The van der Waals surface area contributed by atoms with Crippen molar-refractivity contribution in [2.75, 3.05) is 25.2 Å². The van der Waals surface area contributed by atoms with Gasteiger partial charge < -0.3 is 23.8 Å². The monoisotopic (exact) mass is 543 g/mol. The number of amides is 1. The van der Waals surface area contributed by atoms with Crippen molar-refractivity contribution in [2.45, 2.75) is 103 Å². The summed E-state index contributed by atoms with van der Waals surface area (Å²) in [4.78, 5) is 30.3. The quantitative estimate of drug-likeness (QED) is 0.367. The Morgan fingerprint density at radius 2 is 1.68 bits per heavy atom. The van der Waals surface area contributed by atoms with Crippen LogP contribution in [0.3, 0.4) is 0 Å². The van der Waals surface area contributed by atoms with E-state index >= 15 is 0 Å². The van der Waals surface area contributed by atoms with Crippen LogP contribution in [0.25, 0.3) is 0 Å². The summed E-state index contributed by atoms with van der Waals surface area (Å²) in [5.74, 6) is 6.22. The second-order valence-electron chi connectivity index (χ2n) is 12.5. The summed E-state index contributed by atoms with van der Waals surface area (Å²) in [6.07, 6.45) is 6.80. The van der Waals surface area contributed by atoms with Crippen LogP contribution in [-0.4, -0.2) is 56.2 Å². The third kappa shape index (κ3) is 5.82. The largest absolute Gasteiger partial charge is 0.465 e. The molecule has 38 heavy (non-hydrogen) atoms. The number of esters is 1. The molecule has 4 fully saturated rings. The van der Waals surface area contributed by atoms with E-state index in [1.165, 1.54) is 18.4 Å². The number of fused-ring (bicyclic) bond motifs is 1. The Balaban J connectivity index is 1.45. The second kappa shape index (κ2) is 10.9. The first kappa shape index (κ1) is 27.6. The molecule has 0 radical (unpaired) electrons. The highest BCUT2D eigenvalue weighted by atomic mass is 32.1. The first-order valence-corrected chi connectivity index (χ1v) is 14.9. The van der Waals surface area contributed by atoms with E-state index in [-0.39, 0.29) is 35.5 Å². The summed E-state index contributed by atoms with van der Waals surface area (Å²) in [5, 5.41) is 0. The van der Waals surface area contributed by atoms with Gasteiger partial charge in [-0.3, -0.25) is 4.79 Å². The van der Waals surface area contributed by atoms with Gasteiger partial charge in [-0.25, -0.2) is 4.79 Å². The molecule has 8 heteroatoms. The van der Waals surface area contributed by atoms with Gasteiger partial charge in [0.1, 0.15) is 17.1 Å². The third-order valence-corrected chi connectivity index (χ3v) is 9.32. The Labute approximate surface area is 230 Å². The molecule has 3 heterocycles. The van der Waals surface area contributed by atoms with Gasteiger partial charge in [0.2, 0.25) is 5.91 Å². The Morgan fingerprint density at radius 3 is 2.26 bits per heavy atom. The van der Waals surface area contributed by atoms with Gasteiger partial charge in [-0.05, 0) is 71.3 Å². The maximum absolute atomic E-state index is 14.2. The zero-order valence-corrected chi connectivity index (χ0v) is 24.2. The molecule has 208 valence electrons. The number of hydrogen-bond acceptors (Lipinski definition) is 7. The highest BCUT2D eigenvalue weighted by molar-refractivity contribution is 7.15. The Bertz CT molecular complexity index is 1080. The highest BCUT2D eigenvalue weighted by Gasteiger charge is 2.52. The smallest absolute Gasteiger partial charge is 0.350 e. The van der Waals surface area contributed by atoms with Gasteiger partial charge >= 0.3 is 5.97 Å². The van der Waals surface area contributed by atoms with Gasteiger partial charge in [-0.2, -0.15) is 0 Å². The average Bonchev–Trinajstić information content (AvgIpc) is 3.58. The molecule has 2 aliphatic heterocycles. The standard InChI is InChI=1S/C30H41NO6S/c1-19-6-8-20(9-7-19)27(32)31(21-10-14-30(15-11-21)36-24-17-35-18-25(24)37-30)23-16-22(12-13-29(2,3)4)38-26(23)28(33)34-5/h16,19-21,24-25H,6-11,14-15,17-18H2,1-5H3/t19-,20-,21?,24-,25+,30?. The van der Waals surface area contributed by atoms with Gasteiger partial charge in [0.15, 0.2) is 5.79 Å². The lowest BCUT2D eigenvalue weighted by atomic mass is 9.81. The first-order chi connectivity index (χ1) is 18.1. The highest BCUT2D eigenvalue weighted by Crippen LogP contribution is 2.45. The van der Waals surface area contributed by atoms with Gasteiger partial charge in [0, 0.05) is 30.2 Å². The maximum Gasteiger partial charge on any atom is 0.350 e. The van der Waals surface area contributed by atoms with Crippen LogP contribution in [0.4, 0.5) is 5.69 Å². The summed E-state index contributed by atoms with van der Waals surface area (Å²) in [7, 11) is 1.39. The van der Waals surface area contributed by atoms with Crippen LogP contribution in [0.2, 0.25) is 0 Å². The van der Waals surface area contributed by atoms with E-state index in [9.17, 15) is 9.59 Å². The van der Waals surface area contributed by atoms with E-state index in [1.54, 1.807) is 0 Å². The molecule has 4 aliphatic rings. The summed E-state index contributed by atoms with van der Waals surface area (Å²) in [6.45, 7) is 9.59. The molecule has 0 unspecified atom stereocenters. The topological polar surface area (TPSA) is 74.3 Å². The Kier molecular flexibility index (Phi) is 7.94. The van der Waals surface area contributed by atoms with Gasteiger partial charge in [-0.1, -0.05) is 18.8 Å². The van der Waals surface area contributed by atoms with Crippen LogP contribution in [0.15, 0.2) is 6.07 Å². The first-order valence-electron chi connectivity index (χ1n) is 14.1. The summed E-state index contributed by atoms with van der Waals surface area (Å²) >= 11 is 1.31. The van der Waals surface area contributed by atoms with Crippen molar-refractivity contribution >= 4 is 28.9 Å². The Morgan fingerprint density at radius 1 is 1.05 bits per heavy atom. The van der Waals surface area contributed by atoms with Crippen LogP contribution >= 0.6 is 11.3 Å². The molecule has 2 aliphatic carbocycles. The lowest BCUT2D eigenvalue weighted by Crippen LogP contribution is -2.49. The molecular formula is C30H41NO6S.